The molecule has 0 atom stereocenters. The molecule has 0 unspecified atom stereocenters. The first kappa shape index (κ1) is 18.1. The van der Waals surface area contributed by atoms with Crippen molar-refractivity contribution in [2.45, 2.75) is 64.6 Å². The fraction of sp³-hybridized carbons (Fsp3) is 0.706. The molecule has 6 heteroatoms. The van der Waals surface area contributed by atoms with Gasteiger partial charge in [-0.2, -0.15) is 5.10 Å². The van der Waals surface area contributed by atoms with Gasteiger partial charge in [0.2, 0.25) is 5.88 Å². The molecular weight excluding hydrogens is 291 g/mol. The lowest BCUT2D eigenvalue weighted by Gasteiger charge is -2.42. The van der Waals surface area contributed by atoms with Crippen LogP contribution in [0.15, 0.2) is 18.9 Å². The SMILES string of the molecule is C=CCOc1c(B2OC(CC)(CC)C(CC)(CC)O2)cnn1C. The largest absolute Gasteiger partial charge is 0.502 e. The summed E-state index contributed by atoms with van der Waals surface area (Å²) in [5.41, 5.74) is 0.309. The third-order valence-electron chi connectivity index (χ3n) is 5.28. The van der Waals surface area contributed by atoms with E-state index in [0.717, 1.165) is 31.1 Å². The Balaban J connectivity index is 2.38. The molecule has 0 amide bonds. The number of aromatic nitrogens is 2. The summed E-state index contributed by atoms with van der Waals surface area (Å²) in [6.45, 7) is 12.8. The van der Waals surface area contributed by atoms with Gasteiger partial charge in [-0.1, -0.05) is 40.3 Å². The summed E-state index contributed by atoms with van der Waals surface area (Å²) < 4.78 is 20.4. The highest BCUT2D eigenvalue weighted by atomic mass is 16.7. The van der Waals surface area contributed by atoms with Gasteiger partial charge in [-0.25, -0.2) is 4.68 Å². The minimum atomic E-state index is -0.441. The second-order valence-electron chi connectivity index (χ2n) is 6.10. The summed E-state index contributed by atoms with van der Waals surface area (Å²) in [7, 11) is 1.42. The Kier molecular flexibility index (Phi) is 5.58. The number of nitrogens with zero attached hydrogens (tertiary/aromatic N) is 2. The molecule has 23 heavy (non-hydrogen) atoms. The summed E-state index contributed by atoms with van der Waals surface area (Å²) in [6.07, 6.45) is 7.18. The molecule has 5 nitrogen and oxygen atoms in total. The molecule has 2 rings (SSSR count). The van der Waals surface area contributed by atoms with Crippen molar-refractivity contribution >= 4 is 12.6 Å². The van der Waals surface area contributed by atoms with Crippen molar-refractivity contribution in [2.24, 2.45) is 7.05 Å². The minimum absolute atomic E-state index is 0.271. The maximum absolute atomic E-state index is 6.48. The monoisotopic (exact) mass is 320 g/mol. The van der Waals surface area contributed by atoms with Crippen molar-refractivity contribution in [3.63, 3.8) is 0 Å². The lowest BCUT2D eigenvalue weighted by Crippen LogP contribution is -2.50. The smallest absolute Gasteiger partial charge is 0.474 e. The lowest BCUT2D eigenvalue weighted by molar-refractivity contribution is -0.0601. The first-order valence-corrected chi connectivity index (χ1v) is 8.64. The van der Waals surface area contributed by atoms with Gasteiger partial charge in [-0.05, 0) is 25.7 Å². The Labute approximate surface area is 140 Å². The van der Waals surface area contributed by atoms with Crippen LogP contribution in [0.1, 0.15) is 53.4 Å². The second-order valence-corrected chi connectivity index (χ2v) is 6.10. The zero-order chi connectivity index (χ0) is 17.1. The van der Waals surface area contributed by atoms with Crippen molar-refractivity contribution in [3.8, 4) is 5.88 Å². The van der Waals surface area contributed by atoms with E-state index >= 15 is 0 Å². The van der Waals surface area contributed by atoms with Crippen LogP contribution in [0.25, 0.3) is 0 Å². The van der Waals surface area contributed by atoms with Crippen LogP contribution in [0.4, 0.5) is 0 Å². The van der Waals surface area contributed by atoms with Crippen molar-refractivity contribution in [3.05, 3.63) is 18.9 Å². The molecule has 0 bridgehead atoms. The van der Waals surface area contributed by atoms with E-state index in [4.69, 9.17) is 14.0 Å². The first-order valence-electron chi connectivity index (χ1n) is 8.64. The molecule has 0 spiro atoms. The number of hydrogen-bond donors (Lipinski definition) is 0. The minimum Gasteiger partial charge on any atom is -0.474 e. The van der Waals surface area contributed by atoms with E-state index in [0.29, 0.717) is 12.5 Å². The van der Waals surface area contributed by atoms with Gasteiger partial charge in [-0.3, -0.25) is 0 Å². The van der Waals surface area contributed by atoms with Crippen molar-refractivity contribution in [1.29, 1.82) is 0 Å². The van der Waals surface area contributed by atoms with Crippen LogP contribution in [-0.4, -0.2) is 34.7 Å². The quantitative estimate of drug-likeness (QED) is 0.546. The molecule has 2 heterocycles. The summed E-state index contributed by atoms with van der Waals surface area (Å²) in [5, 5.41) is 4.31. The van der Waals surface area contributed by atoms with Gasteiger partial charge >= 0.3 is 7.12 Å². The van der Waals surface area contributed by atoms with Crippen molar-refractivity contribution in [1.82, 2.24) is 9.78 Å². The maximum Gasteiger partial charge on any atom is 0.502 e. The van der Waals surface area contributed by atoms with Crippen molar-refractivity contribution < 1.29 is 14.0 Å². The van der Waals surface area contributed by atoms with Crippen LogP contribution in [0.2, 0.25) is 0 Å². The highest BCUT2D eigenvalue weighted by Gasteiger charge is 2.59. The zero-order valence-corrected chi connectivity index (χ0v) is 15.1. The van der Waals surface area contributed by atoms with E-state index in [1.165, 1.54) is 0 Å². The summed E-state index contributed by atoms with van der Waals surface area (Å²) >= 11 is 0. The van der Waals surface area contributed by atoms with Gasteiger partial charge in [-0.15, -0.1) is 0 Å². The number of rotatable bonds is 8. The van der Waals surface area contributed by atoms with Gasteiger partial charge in [0.15, 0.2) is 0 Å². The third-order valence-corrected chi connectivity index (χ3v) is 5.28. The van der Waals surface area contributed by atoms with Crippen LogP contribution in [0.5, 0.6) is 5.88 Å². The molecule has 128 valence electrons. The number of aryl methyl sites for hydroxylation is 1. The molecule has 0 aliphatic carbocycles. The van der Waals surface area contributed by atoms with Gasteiger partial charge in [0.05, 0.1) is 22.9 Å². The van der Waals surface area contributed by atoms with E-state index < -0.39 is 7.12 Å². The van der Waals surface area contributed by atoms with Crippen LogP contribution in [0, 0.1) is 0 Å². The molecule has 0 N–H and O–H groups in total. The Bertz CT molecular complexity index is 516. The zero-order valence-electron chi connectivity index (χ0n) is 15.1. The van der Waals surface area contributed by atoms with Crippen LogP contribution >= 0.6 is 0 Å². The molecule has 1 aromatic rings. The van der Waals surface area contributed by atoms with Gasteiger partial charge in [0.25, 0.3) is 0 Å². The molecule has 1 fully saturated rings. The van der Waals surface area contributed by atoms with E-state index in [2.05, 4.69) is 39.4 Å². The predicted molar refractivity (Wildman–Crippen MR) is 93.1 cm³/mol. The molecule has 1 saturated heterocycles. The average molecular weight is 320 g/mol. The fourth-order valence-corrected chi connectivity index (χ4v) is 3.82. The van der Waals surface area contributed by atoms with E-state index in [-0.39, 0.29) is 11.2 Å². The molecular formula is C17H29BN2O3. The average Bonchev–Trinajstić information content (AvgIpc) is 3.11. The third kappa shape index (κ3) is 2.83. The fourth-order valence-electron chi connectivity index (χ4n) is 3.82. The van der Waals surface area contributed by atoms with Crippen LogP contribution in [-0.2, 0) is 16.4 Å². The Hall–Kier alpha value is -1.27. The van der Waals surface area contributed by atoms with Gasteiger partial charge in [0.1, 0.15) is 6.61 Å². The van der Waals surface area contributed by atoms with Crippen molar-refractivity contribution in [2.75, 3.05) is 6.61 Å². The molecule has 0 radical (unpaired) electrons. The van der Waals surface area contributed by atoms with Gasteiger partial charge < -0.3 is 14.0 Å². The summed E-state index contributed by atoms with van der Waals surface area (Å²) in [6, 6.07) is 0. The van der Waals surface area contributed by atoms with Crippen LogP contribution in [0.3, 0.4) is 0 Å². The molecule has 1 aromatic heterocycles. The van der Waals surface area contributed by atoms with E-state index in [1.807, 2.05) is 7.05 Å². The highest BCUT2D eigenvalue weighted by Crippen LogP contribution is 2.47. The standard InChI is InChI=1S/C17H29BN2O3/c1-7-12-21-15-14(13-19-20(15)6)18-22-16(8-2,9-3)17(10-4,11-5)23-18/h7,13H,1,8-12H2,2-6H3. The van der Waals surface area contributed by atoms with Crippen LogP contribution < -0.4 is 10.2 Å². The number of hydrogen-bond acceptors (Lipinski definition) is 4. The van der Waals surface area contributed by atoms with E-state index in [9.17, 15) is 0 Å². The molecule has 1 aliphatic rings. The number of ether oxygens (including phenoxy) is 1. The Morgan fingerprint density at radius 1 is 1.17 bits per heavy atom. The topological polar surface area (TPSA) is 45.5 Å². The predicted octanol–water partition coefficient (Wildman–Crippen LogP) is 2.84. The van der Waals surface area contributed by atoms with E-state index in [1.54, 1.807) is 17.0 Å². The summed E-state index contributed by atoms with van der Waals surface area (Å²) in [5.74, 6) is 0.680. The molecule has 1 aliphatic heterocycles. The second kappa shape index (κ2) is 7.10. The Morgan fingerprint density at radius 2 is 1.70 bits per heavy atom. The Morgan fingerprint density at radius 3 is 2.13 bits per heavy atom. The summed E-state index contributed by atoms with van der Waals surface area (Å²) in [4.78, 5) is 0. The normalized spacial score (nSPS) is 19.1. The maximum atomic E-state index is 6.48. The first-order chi connectivity index (χ1) is 11.0. The highest BCUT2D eigenvalue weighted by molar-refractivity contribution is 6.63. The molecule has 0 aromatic carbocycles. The lowest BCUT2D eigenvalue weighted by atomic mass is 9.75. The van der Waals surface area contributed by atoms with Gasteiger partial charge in [0, 0.05) is 7.05 Å². The molecule has 0 saturated carbocycles.